The molecule has 1 aliphatic rings. The van der Waals surface area contributed by atoms with Gasteiger partial charge in [0.05, 0.1) is 23.3 Å². The number of rotatable bonds is 6. The third-order valence-corrected chi connectivity index (χ3v) is 5.24. The molecule has 1 heterocycles. The normalized spacial score (nSPS) is 14.1. The van der Waals surface area contributed by atoms with E-state index in [0.29, 0.717) is 5.39 Å². The monoisotopic (exact) mass is 457 g/mol. The molecule has 3 rings (SSSR count). The van der Waals surface area contributed by atoms with Crippen molar-refractivity contribution >= 4 is 38.7 Å². The first-order valence-electron chi connectivity index (χ1n) is 8.61. The zero-order valence-corrected chi connectivity index (χ0v) is 16.7. The second-order valence-corrected chi connectivity index (χ2v) is 8.32. The number of hydrogen-bond acceptors (Lipinski definition) is 7. The molecule has 0 aliphatic carbocycles. The van der Waals surface area contributed by atoms with Crippen LogP contribution in [0.1, 0.15) is 34.1 Å². The third-order valence-electron chi connectivity index (χ3n) is 4.16. The molecule has 2 aromatic rings. The highest BCUT2D eigenvalue weighted by atomic mass is 32.2. The van der Waals surface area contributed by atoms with E-state index >= 15 is 0 Å². The SMILES string of the molecule is C=C(C)C(=O)Oc1cc2c3c(cccc3c1)C(=O)N(OS(=O)(=O)CCC(F)(F)F)C2=O. The summed E-state index contributed by atoms with van der Waals surface area (Å²) in [7, 11) is -4.92. The van der Waals surface area contributed by atoms with Gasteiger partial charge in [-0.25, -0.2) is 4.79 Å². The van der Waals surface area contributed by atoms with Crippen LogP contribution in [-0.4, -0.2) is 43.2 Å². The average Bonchev–Trinajstić information content (AvgIpc) is 2.67. The summed E-state index contributed by atoms with van der Waals surface area (Å²) in [4.78, 5) is 37.2. The molecule has 0 fully saturated rings. The lowest BCUT2D eigenvalue weighted by Crippen LogP contribution is -2.42. The Morgan fingerprint density at radius 2 is 1.77 bits per heavy atom. The maximum Gasteiger partial charge on any atom is 0.390 e. The van der Waals surface area contributed by atoms with Crippen LogP contribution in [0.5, 0.6) is 5.75 Å². The Morgan fingerprint density at radius 1 is 1.13 bits per heavy atom. The van der Waals surface area contributed by atoms with Gasteiger partial charge in [-0.15, -0.1) is 9.35 Å². The van der Waals surface area contributed by atoms with E-state index in [0.717, 1.165) is 6.07 Å². The summed E-state index contributed by atoms with van der Waals surface area (Å²) in [5.74, 6) is -4.76. The van der Waals surface area contributed by atoms with Crippen molar-refractivity contribution in [3.8, 4) is 5.75 Å². The maximum absolute atomic E-state index is 12.8. The molecule has 0 atom stereocenters. The molecule has 0 aromatic heterocycles. The Bertz CT molecular complexity index is 1240. The first-order valence-corrected chi connectivity index (χ1v) is 10.2. The van der Waals surface area contributed by atoms with E-state index < -0.39 is 46.3 Å². The Hall–Kier alpha value is -3.25. The van der Waals surface area contributed by atoms with Gasteiger partial charge < -0.3 is 4.74 Å². The van der Waals surface area contributed by atoms with Crippen LogP contribution in [0.4, 0.5) is 13.2 Å². The molecule has 0 N–H and O–H groups in total. The molecule has 0 saturated carbocycles. The third kappa shape index (κ3) is 4.75. The Labute approximate surface area is 173 Å². The van der Waals surface area contributed by atoms with Gasteiger partial charge in [-0.05, 0) is 30.5 Å². The van der Waals surface area contributed by atoms with Gasteiger partial charge in [-0.3, -0.25) is 9.59 Å². The summed E-state index contributed by atoms with van der Waals surface area (Å²) in [5.41, 5.74) is -0.274. The fraction of sp³-hybridized carbons (Fsp3) is 0.211. The first kappa shape index (κ1) is 22.4. The quantitative estimate of drug-likeness (QED) is 0.284. The van der Waals surface area contributed by atoms with Gasteiger partial charge in [0.2, 0.25) is 0 Å². The molecule has 31 heavy (non-hydrogen) atoms. The lowest BCUT2D eigenvalue weighted by molar-refractivity contribution is -0.131. The Kier molecular flexibility index (Phi) is 5.63. The Morgan fingerprint density at radius 3 is 2.39 bits per heavy atom. The second kappa shape index (κ2) is 7.78. The average molecular weight is 457 g/mol. The first-order chi connectivity index (χ1) is 14.3. The van der Waals surface area contributed by atoms with Crippen LogP contribution in [0.2, 0.25) is 0 Å². The standard InChI is InChI=1S/C19H14F3NO7S/c1-10(2)18(26)29-12-8-11-4-3-5-13-15(11)14(9-12)17(25)23(16(13)24)30-31(27,28)7-6-19(20,21)22/h3-5,8-9H,1,6-7H2,2H3. The number of carbonyl (C=O) groups excluding carboxylic acids is 3. The van der Waals surface area contributed by atoms with E-state index in [4.69, 9.17) is 4.74 Å². The summed E-state index contributed by atoms with van der Waals surface area (Å²) >= 11 is 0. The molecule has 0 unspecified atom stereocenters. The highest BCUT2D eigenvalue weighted by Crippen LogP contribution is 2.34. The summed E-state index contributed by atoms with van der Waals surface area (Å²) < 4.78 is 70.5. The number of carbonyl (C=O) groups is 3. The van der Waals surface area contributed by atoms with Crippen LogP contribution >= 0.6 is 0 Å². The topological polar surface area (TPSA) is 107 Å². The summed E-state index contributed by atoms with van der Waals surface area (Å²) in [5, 5.41) is 0.369. The molecular weight excluding hydrogens is 443 g/mol. The zero-order chi connectivity index (χ0) is 23.1. The number of esters is 1. The maximum atomic E-state index is 12.8. The number of halogens is 3. The van der Waals surface area contributed by atoms with E-state index in [1.807, 2.05) is 0 Å². The van der Waals surface area contributed by atoms with Gasteiger partial charge in [0, 0.05) is 11.0 Å². The van der Waals surface area contributed by atoms with Gasteiger partial charge >= 0.3 is 12.1 Å². The Balaban J connectivity index is 2.01. The van der Waals surface area contributed by atoms with Crippen molar-refractivity contribution in [1.82, 2.24) is 5.06 Å². The predicted molar refractivity (Wildman–Crippen MR) is 100 cm³/mol. The number of imide groups is 1. The number of amides is 2. The van der Waals surface area contributed by atoms with Crippen LogP contribution in [0, 0.1) is 0 Å². The highest BCUT2D eigenvalue weighted by molar-refractivity contribution is 7.86. The second-order valence-electron chi connectivity index (χ2n) is 6.65. The zero-order valence-electron chi connectivity index (χ0n) is 15.9. The number of nitrogens with zero attached hydrogens (tertiary/aromatic N) is 1. The van der Waals surface area contributed by atoms with E-state index in [-0.39, 0.29) is 32.9 Å². The molecule has 0 bridgehead atoms. The highest BCUT2D eigenvalue weighted by Gasteiger charge is 2.39. The van der Waals surface area contributed by atoms with Crippen molar-refractivity contribution in [2.75, 3.05) is 5.75 Å². The van der Waals surface area contributed by atoms with Crippen LogP contribution in [0.25, 0.3) is 10.8 Å². The van der Waals surface area contributed by atoms with Gasteiger partial charge in [0.1, 0.15) is 5.75 Å². The summed E-state index contributed by atoms with van der Waals surface area (Å²) in [6, 6.07) is 6.73. The summed E-state index contributed by atoms with van der Waals surface area (Å²) in [6.45, 7) is 4.83. The van der Waals surface area contributed by atoms with Crippen molar-refractivity contribution in [2.45, 2.75) is 19.5 Å². The predicted octanol–water partition coefficient (Wildman–Crippen LogP) is 3.13. The molecule has 0 radical (unpaired) electrons. The van der Waals surface area contributed by atoms with Crippen molar-refractivity contribution in [2.24, 2.45) is 0 Å². The minimum Gasteiger partial charge on any atom is -0.423 e. The summed E-state index contributed by atoms with van der Waals surface area (Å²) in [6.07, 6.45) is -6.51. The molecule has 2 amide bonds. The van der Waals surface area contributed by atoms with Crippen molar-refractivity contribution in [1.29, 1.82) is 0 Å². The van der Waals surface area contributed by atoms with E-state index in [1.54, 1.807) is 0 Å². The van der Waals surface area contributed by atoms with Crippen LogP contribution in [0.3, 0.4) is 0 Å². The molecule has 164 valence electrons. The molecule has 0 spiro atoms. The van der Waals surface area contributed by atoms with Crippen molar-refractivity contribution in [3.63, 3.8) is 0 Å². The molecule has 1 aliphatic heterocycles. The van der Waals surface area contributed by atoms with Crippen molar-refractivity contribution < 1.29 is 45.0 Å². The number of benzene rings is 2. The smallest absolute Gasteiger partial charge is 0.390 e. The van der Waals surface area contributed by atoms with Gasteiger partial charge in [-0.2, -0.15) is 21.6 Å². The van der Waals surface area contributed by atoms with E-state index in [9.17, 15) is 36.0 Å². The molecule has 8 nitrogen and oxygen atoms in total. The van der Waals surface area contributed by atoms with E-state index in [1.165, 1.54) is 31.2 Å². The lowest BCUT2D eigenvalue weighted by Gasteiger charge is -2.25. The largest absolute Gasteiger partial charge is 0.423 e. The van der Waals surface area contributed by atoms with Gasteiger partial charge in [0.25, 0.3) is 21.9 Å². The minimum absolute atomic E-state index is 0.0738. The van der Waals surface area contributed by atoms with Crippen LogP contribution in [0.15, 0.2) is 42.5 Å². The minimum atomic E-state index is -4.92. The van der Waals surface area contributed by atoms with Crippen LogP contribution < -0.4 is 4.74 Å². The molecule has 2 aromatic carbocycles. The van der Waals surface area contributed by atoms with Gasteiger partial charge in [-0.1, -0.05) is 18.7 Å². The van der Waals surface area contributed by atoms with E-state index in [2.05, 4.69) is 10.9 Å². The van der Waals surface area contributed by atoms with Crippen molar-refractivity contribution in [3.05, 3.63) is 53.6 Å². The molecular formula is C19H14F3NO7S. The lowest BCUT2D eigenvalue weighted by atomic mass is 9.95. The van der Waals surface area contributed by atoms with Gasteiger partial charge in [0.15, 0.2) is 0 Å². The fourth-order valence-electron chi connectivity index (χ4n) is 2.77. The number of hydrogen-bond donors (Lipinski definition) is 0. The molecule has 12 heteroatoms. The number of alkyl halides is 3. The number of ether oxygens (including phenoxy) is 1. The molecule has 0 saturated heterocycles. The fourth-order valence-corrected chi connectivity index (χ4v) is 3.69. The number of hydroxylamine groups is 2. The van der Waals surface area contributed by atoms with Crippen LogP contribution in [-0.2, 0) is 19.2 Å².